The third kappa shape index (κ3) is 8.96. The second-order valence-corrected chi connectivity index (χ2v) is 10.9. The highest BCUT2D eigenvalue weighted by atomic mass is 19.4. The van der Waals surface area contributed by atoms with Gasteiger partial charge in [-0.3, -0.25) is 5.10 Å². The lowest BCUT2D eigenvalue weighted by Gasteiger charge is -2.37. The van der Waals surface area contributed by atoms with Gasteiger partial charge in [0.25, 0.3) is 0 Å². The zero-order valence-electron chi connectivity index (χ0n) is 28.1. The van der Waals surface area contributed by atoms with E-state index in [-0.39, 0.29) is 12.5 Å². The molecule has 258 valence electrons. The Morgan fingerprint density at radius 1 is 1.06 bits per heavy atom. The van der Waals surface area contributed by atoms with E-state index >= 15 is 4.39 Å². The summed E-state index contributed by atoms with van der Waals surface area (Å²) in [7, 11) is 0. The van der Waals surface area contributed by atoms with Gasteiger partial charge in [-0.05, 0) is 62.9 Å². The predicted molar refractivity (Wildman–Crippen MR) is 186 cm³/mol. The molecule has 0 radical (unpaired) electrons. The Balaban J connectivity index is 0.00000125. The molecule has 0 atom stereocenters. The number of H-pyrrole nitrogens is 2. The molecule has 3 N–H and O–H groups in total. The van der Waals surface area contributed by atoms with Crippen molar-refractivity contribution in [2.45, 2.75) is 59.6 Å². The molecule has 1 saturated carbocycles. The first kappa shape index (κ1) is 36.0. The van der Waals surface area contributed by atoms with Crippen LogP contribution in [0.25, 0.3) is 10.9 Å². The number of hydrogen-bond donors (Lipinski definition) is 3. The van der Waals surface area contributed by atoms with Gasteiger partial charge in [0.15, 0.2) is 24.1 Å². The Bertz CT molecular complexity index is 1710. The van der Waals surface area contributed by atoms with Crippen LogP contribution in [-0.4, -0.2) is 65.5 Å². The van der Waals surface area contributed by atoms with Crippen molar-refractivity contribution in [2.75, 3.05) is 43.1 Å². The summed E-state index contributed by atoms with van der Waals surface area (Å²) < 4.78 is 60.7. The minimum atomic E-state index is -4.42. The maximum atomic E-state index is 15.1. The standard InChI is InChI=1S/C31H32F4N8O.2C2H6/c1-19-14-23-24(38-19)8-9-26(30(23)32)44-18-37-29(17-27(36-2)39-28-16-25(40-41-28)20-6-7-20)43-12-10-42(11-13-43)22-5-3-4-21(15-22)31(33,34)35;2*1-2/h3-5,8-9,14-17,20,38H,2,6-7,10-13,18H2,1H3,(H2,39,40,41);2*1-2H3/b27-17+,37-29+;;. The lowest BCUT2D eigenvalue weighted by molar-refractivity contribution is -0.137. The molecule has 9 nitrogen and oxygen atoms in total. The number of rotatable bonds is 9. The van der Waals surface area contributed by atoms with E-state index in [0.717, 1.165) is 30.3 Å². The molecule has 48 heavy (non-hydrogen) atoms. The molecule has 0 amide bonds. The SMILES string of the molecule is C=N/C(=C\C(=N/COc1ccc2[nH]c(C)cc2c1F)N1CCN(c2cccc(C(F)(F)F)c2)CC1)Nc1cc(C2CC2)[nH]n1.CC.CC. The molecule has 2 fully saturated rings. The first-order valence-corrected chi connectivity index (χ1v) is 16.3. The van der Waals surface area contributed by atoms with Crippen molar-refractivity contribution in [2.24, 2.45) is 9.98 Å². The van der Waals surface area contributed by atoms with Gasteiger partial charge in [0.1, 0.15) is 11.7 Å². The molecule has 4 aromatic rings. The molecule has 2 aromatic carbocycles. The summed E-state index contributed by atoms with van der Waals surface area (Å²) in [5.74, 6) is 1.58. The summed E-state index contributed by atoms with van der Waals surface area (Å²) in [6.07, 6.45) is -0.451. The zero-order chi connectivity index (χ0) is 34.8. The number of nitrogens with one attached hydrogen (secondary N) is 3. The van der Waals surface area contributed by atoms with Crippen LogP contribution in [0.2, 0.25) is 0 Å². The summed E-state index contributed by atoms with van der Waals surface area (Å²) in [6, 6.07) is 12.3. The van der Waals surface area contributed by atoms with Crippen LogP contribution in [0.1, 0.15) is 63.4 Å². The molecular weight excluding hydrogens is 624 g/mol. The molecule has 1 aliphatic carbocycles. The number of nitrogens with zero attached hydrogens (tertiary/aromatic N) is 5. The first-order chi connectivity index (χ1) is 23.2. The highest BCUT2D eigenvalue weighted by molar-refractivity contribution is 5.94. The molecule has 3 heterocycles. The Morgan fingerprint density at radius 2 is 1.79 bits per heavy atom. The number of hydrogen-bond acceptors (Lipinski definition) is 6. The molecule has 6 rings (SSSR count). The number of aromatic nitrogens is 3. The molecule has 0 bridgehead atoms. The van der Waals surface area contributed by atoms with Crippen LogP contribution in [0.3, 0.4) is 0 Å². The molecule has 0 unspecified atom stereocenters. The van der Waals surface area contributed by atoms with Crippen LogP contribution in [0, 0.1) is 12.7 Å². The number of aryl methyl sites for hydroxylation is 1. The summed E-state index contributed by atoms with van der Waals surface area (Å²) in [5.41, 5.74) is 2.39. The molecular formula is C35H44F4N8O. The molecule has 2 aliphatic rings. The number of halogens is 4. The number of ether oxygens (including phenoxy) is 1. The monoisotopic (exact) mass is 668 g/mol. The second kappa shape index (κ2) is 16.3. The largest absolute Gasteiger partial charge is 0.468 e. The van der Waals surface area contributed by atoms with Gasteiger partial charge in [0.2, 0.25) is 0 Å². The average Bonchev–Trinajstić information content (AvgIpc) is 3.72. The molecule has 2 aromatic heterocycles. The number of benzene rings is 2. The van der Waals surface area contributed by atoms with E-state index in [1.54, 1.807) is 30.3 Å². The Hall–Kier alpha value is -4.81. The summed E-state index contributed by atoms with van der Waals surface area (Å²) >= 11 is 0. The van der Waals surface area contributed by atoms with E-state index in [1.165, 1.54) is 12.1 Å². The van der Waals surface area contributed by atoms with E-state index in [1.807, 2.05) is 50.5 Å². The molecule has 13 heteroatoms. The van der Waals surface area contributed by atoms with Crippen LogP contribution < -0.4 is 15.0 Å². The van der Waals surface area contributed by atoms with Crippen molar-refractivity contribution < 1.29 is 22.3 Å². The van der Waals surface area contributed by atoms with Crippen molar-refractivity contribution >= 4 is 35.0 Å². The third-order valence-electron chi connectivity index (χ3n) is 7.73. The minimum Gasteiger partial charge on any atom is -0.468 e. The smallest absolute Gasteiger partial charge is 0.416 e. The predicted octanol–water partition coefficient (Wildman–Crippen LogP) is 8.50. The van der Waals surface area contributed by atoms with Gasteiger partial charge in [-0.25, -0.2) is 14.4 Å². The lowest BCUT2D eigenvalue weighted by Crippen LogP contribution is -2.48. The fourth-order valence-electron chi connectivity index (χ4n) is 5.26. The number of piperazine rings is 1. The van der Waals surface area contributed by atoms with Crippen molar-refractivity contribution in [3.8, 4) is 5.75 Å². The zero-order valence-corrected chi connectivity index (χ0v) is 28.1. The highest BCUT2D eigenvalue weighted by Crippen LogP contribution is 2.39. The van der Waals surface area contributed by atoms with Gasteiger partial charge in [-0.1, -0.05) is 33.8 Å². The Kier molecular flexibility index (Phi) is 12.3. The summed E-state index contributed by atoms with van der Waals surface area (Å²) in [6.45, 7) is 15.2. The Morgan fingerprint density at radius 3 is 2.46 bits per heavy atom. The fraction of sp³-hybridized carbons (Fsp3) is 0.400. The summed E-state index contributed by atoms with van der Waals surface area (Å²) in [5, 5.41) is 10.9. The van der Waals surface area contributed by atoms with Crippen LogP contribution in [0.4, 0.5) is 29.1 Å². The van der Waals surface area contributed by atoms with Crippen molar-refractivity contribution in [3.63, 3.8) is 0 Å². The summed E-state index contributed by atoms with van der Waals surface area (Å²) in [4.78, 5) is 15.7. The lowest BCUT2D eigenvalue weighted by atomic mass is 10.1. The van der Waals surface area contributed by atoms with Crippen molar-refractivity contribution in [1.82, 2.24) is 20.1 Å². The number of anilines is 2. The number of fused-ring (bicyclic) bond motifs is 1. The van der Waals surface area contributed by atoms with E-state index in [9.17, 15) is 13.2 Å². The quantitative estimate of drug-likeness (QED) is 0.0945. The number of aromatic amines is 2. The van der Waals surface area contributed by atoms with Gasteiger partial charge in [-0.15, -0.1) is 0 Å². The van der Waals surface area contributed by atoms with E-state index in [4.69, 9.17) is 4.74 Å². The average molecular weight is 669 g/mol. The fourth-order valence-corrected chi connectivity index (χ4v) is 5.26. The third-order valence-corrected chi connectivity index (χ3v) is 7.73. The maximum Gasteiger partial charge on any atom is 0.416 e. The van der Waals surface area contributed by atoms with E-state index < -0.39 is 17.6 Å². The minimum absolute atomic E-state index is 0.0715. The number of alkyl halides is 3. The van der Waals surface area contributed by atoms with Gasteiger partial charge >= 0.3 is 6.18 Å². The van der Waals surface area contributed by atoms with Crippen LogP contribution in [-0.2, 0) is 6.18 Å². The first-order valence-electron chi connectivity index (χ1n) is 16.3. The van der Waals surface area contributed by atoms with Crippen LogP contribution >= 0.6 is 0 Å². The number of amidine groups is 1. The Labute approximate surface area is 278 Å². The van der Waals surface area contributed by atoms with Crippen LogP contribution in [0.5, 0.6) is 5.75 Å². The number of aliphatic imine (C=N–C) groups is 2. The maximum absolute atomic E-state index is 15.1. The van der Waals surface area contributed by atoms with Gasteiger partial charge in [0.05, 0.1) is 5.56 Å². The molecule has 0 spiro atoms. The topological polar surface area (TPSA) is 96.9 Å². The van der Waals surface area contributed by atoms with Gasteiger partial charge in [-0.2, -0.15) is 18.3 Å². The van der Waals surface area contributed by atoms with E-state index in [0.29, 0.717) is 66.2 Å². The highest BCUT2D eigenvalue weighted by Gasteiger charge is 2.31. The second-order valence-electron chi connectivity index (χ2n) is 10.9. The molecule has 1 aliphatic heterocycles. The van der Waals surface area contributed by atoms with Crippen molar-refractivity contribution in [3.05, 3.63) is 83.2 Å². The van der Waals surface area contributed by atoms with Crippen molar-refractivity contribution in [1.29, 1.82) is 0 Å². The normalized spacial score (nSPS) is 15.4. The van der Waals surface area contributed by atoms with E-state index in [2.05, 4.69) is 37.2 Å². The van der Waals surface area contributed by atoms with Crippen LogP contribution in [0.15, 0.2) is 70.4 Å². The van der Waals surface area contributed by atoms with Gasteiger partial charge < -0.3 is 24.8 Å². The van der Waals surface area contributed by atoms with Gasteiger partial charge in [0, 0.05) is 72.2 Å². The molecule has 1 saturated heterocycles.